The highest BCUT2D eigenvalue weighted by Crippen LogP contribution is 2.25. The largest absolute Gasteiger partial charge is 0.392 e. The first-order chi connectivity index (χ1) is 11.6. The Morgan fingerprint density at radius 2 is 1.21 bits per heavy atom. The van der Waals surface area contributed by atoms with Crippen molar-refractivity contribution in [2.75, 3.05) is 26.2 Å². The Hall–Kier alpha value is -0.160. The summed E-state index contributed by atoms with van der Waals surface area (Å²) in [5.74, 6) is 0.583. The van der Waals surface area contributed by atoms with Crippen molar-refractivity contribution in [3.05, 3.63) is 0 Å². The second-order valence-corrected chi connectivity index (χ2v) is 8.17. The average Bonchev–Trinajstić information content (AvgIpc) is 2.61. The summed E-state index contributed by atoms with van der Waals surface area (Å²) in [7, 11) is 0. The standard InChI is InChI=1S/C20H40N2O2/c1-4-19(23)17-10-6-8-12-21(17)14-16(3)15-22-13-9-7-11-18(22)20(24)5-2/h16-20,23-24H,4-15H2,1-3H3. The first-order valence-electron chi connectivity index (χ1n) is 10.4. The molecule has 4 atom stereocenters. The summed E-state index contributed by atoms with van der Waals surface area (Å²) in [4.78, 5) is 5.08. The molecule has 0 spiro atoms. The smallest absolute Gasteiger partial charge is 0.0692 e. The fraction of sp³-hybridized carbons (Fsp3) is 1.00. The van der Waals surface area contributed by atoms with Gasteiger partial charge in [-0.05, 0) is 57.5 Å². The highest BCUT2D eigenvalue weighted by Gasteiger charge is 2.31. The maximum Gasteiger partial charge on any atom is 0.0692 e. The SMILES string of the molecule is CCC(O)C1CCCCN1CC(C)CN1CCCCC1C(O)CC. The minimum Gasteiger partial charge on any atom is -0.392 e. The minimum atomic E-state index is -0.179. The van der Waals surface area contributed by atoms with Gasteiger partial charge >= 0.3 is 0 Å². The molecule has 142 valence electrons. The van der Waals surface area contributed by atoms with Crippen molar-refractivity contribution < 1.29 is 10.2 Å². The molecule has 0 amide bonds. The van der Waals surface area contributed by atoms with Gasteiger partial charge in [0.15, 0.2) is 0 Å². The van der Waals surface area contributed by atoms with Gasteiger partial charge in [0.25, 0.3) is 0 Å². The summed E-state index contributed by atoms with van der Waals surface area (Å²) in [5, 5.41) is 20.7. The van der Waals surface area contributed by atoms with Crippen molar-refractivity contribution in [1.82, 2.24) is 9.80 Å². The number of rotatable bonds is 8. The lowest BCUT2D eigenvalue weighted by Crippen LogP contribution is -2.51. The first-order valence-corrected chi connectivity index (χ1v) is 10.4. The lowest BCUT2D eigenvalue weighted by molar-refractivity contribution is -0.00327. The molecule has 0 aromatic carbocycles. The van der Waals surface area contributed by atoms with Gasteiger partial charge in [-0.3, -0.25) is 9.80 Å². The Kier molecular flexibility index (Phi) is 8.48. The van der Waals surface area contributed by atoms with Crippen LogP contribution in [-0.4, -0.2) is 70.5 Å². The molecule has 2 heterocycles. The van der Waals surface area contributed by atoms with E-state index in [2.05, 4.69) is 30.6 Å². The van der Waals surface area contributed by atoms with E-state index < -0.39 is 0 Å². The van der Waals surface area contributed by atoms with Gasteiger partial charge in [-0.25, -0.2) is 0 Å². The van der Waals surface area contributed by atoms with Crippen LogP contribution in [0.1, 0.15) is 72.1 Å². The van der Waals surface area contributed by atoms with E-state index in [4.69, 9.17) is 0 Å². The molecule has 0 saturated carbocycles. The van der Waals surface area contributed by atoms with Crippen LogP contribution in [0.4, 0.5) is 0 Å². The molecule has 0 aromatic heterocycles. The van der Waals surface area contributed by atoms with Crippen LogP contribution in [0.2, 0.25) is 0 Å². The maximum atomic E-state index is 10.3. The Morgan fingerprint density at radius 3 is 1.58 bits per heavy atom. The quantitative estimate of drug-likeness (QED) is 0.713. The highest BCUT2D eigenvalue weighted by molar-refractivity contribution is 4.86. The molecule has 2 N–H and O–H groups in total. The summed E-state index contributed by atoms with van der Waals surface area (Å²) in [5.41, 5.74) is 0. The van der Waals surface area contributed by atoms with E-state index in [0.717, 1.165) is 51.9 Å². The van der Waals surface area contributed by atoms with E-state index in [1.807, 2.05) is 0 Å². The molecule has 2 aliphatic heterocycles. The number of aliphatic hydroxyl groups is 2. The Labute approximate surface area is 149 Å². The zero-order valence-electron chi connectivity index (χ0n) is 16.2. The number of piperidine rings is 2. The lowest BCUT2D eigenvalue weighted by Gasteiger charge is -2.42. The number of aliphatic hydroxyl groups excluding tert-OH is 2. The molecule has 2 saturated heterocycles. The Morgan fingerprint density at radius 1 is 0.792 bits per heavy atom. The molecule has 2 rings (SSSR count). The van der Waals surface area contributed by atoms with Crippen LogP contribution >= 0.6 is 0 Å². The lowest BCUT2D eigenvalue weighted by atomic mass is 9.93. The number of hydrogen-bond donors (Lipinski definition) is 2. The second-order valence-electron chi connectivity index (χ2n) is 8.17. The number of likely N-dealkylation sites (tertiary alicyclic amines) is 2. The highest BCUT2D eigenvalue weighted by atomic mass is 16.3. The monoisotopic (exact) mass is 340 g/mol. The first kappa shape index (κ1) is 20.2. The van der Waals surface area contributed by atoms with E-state index in [1.165, 1.54) is 25.7 Å². The Balaban J connectivity index is 1.89. The predicted octanol–water partition coefficient (Wildman–Crippen LogP) is 2.87. The fourth-order valence-corrected chi connectivity index (χ4v) is 4.76. The molecule has 4 nitrogen and oxygen atoms in total. The van der Waals surface area contributed by atoms with Gasteiger partial charge in [0.1, 0.15) is 0 Å². The van der Waals surface area contributed by atoms with Gasteiger partial charge in [-0.1, -0.05) is 33.6 Å². The van der Waals surface area contributed by atoms with Crippen molar-refractivity contribution in [3.8, 4) is 0 Å². The van der Waals surface area contributed by atoms with E-state index >= 15 is 0 Å². The molecule has 0 radical (unpaired) electrons. The average molecular weight is 341 g/mol. The van der Waals surface area contributed by atoms with Crippen molar-refractivity contribution >= 4 is 0 Å². The normalized spacial score (nSPS) is 30.9. The van der Waals surface area contributed by atoms with Crippen molar-refractivity contribution in [2.45, 2.75) is 96.4 Å². The summed E-state index contributed by atoms with van der Waals surface area (Å²) in [6, 6.07) is 0.703. The third-order valence-electron chi connectivity index (χ3n) is 6.15. The predicted molar refractivity (Wildman–Crippen MR) is 100 cm³/mol. The van der Waals surface area contributed by atoms with Crippen LogP contribution in [-0.2, 0) is 0 Å². The zero-order valence-corrected chi connectivity index (χ0v) is 16.2. The summed E-state index contributed by atoms with van der Waals surface area (Å²) in [6.07, 6.45) is 8.67. The van der Waals surface area contributed by atoms with Gasteiger partial charge in [-0.2, -0.15) is 0 Å². The Bertz CT molecular complexity index is 321. The second kappa shape index (κ2) is 10.1. The fourth-order valence-electron chi connectivity index (χ4n) is 4.76. The molecule has 0 bridgehead atoms. The summed E-state index contributed by atoms with van der Waals surface area (Å²) >= 11 is 0. The molecule has 0 aliphatic carbocycles. The van der Waals surface area contributed by atoms with Crippen molar-refractivity contribution in [1.29, 1.82) is 0 Å². The molecule has 0 aromatic rings. The van der Waals surface area contributed by atoms with Crippen LogP contribution in [0.3, 0.4) is 0 Å². The summed E-state index contributed by atoms with van der Waals surface area (Å²) < 4.78 is 0. The molecule has 2 aliphatic rings. The van der Waals surface area contributed by atoms with E-state index in [0.29, 0.717) is 18.0 Å². The van der Waals surface area contributed by atoms with Crippen molar-refractivity contribution in [3.63, 3.8) is 0 Å². The van der Waals surface area contributed by atoms with Gasteiger partial charge in [-0.15, -0.1) is 0 Å². The van der Waals surface area contributed by atoms with Gasteiger partial charge < -0.3 is 10.2 Å². The van der Waals surface area contributed by atoms with Crippen LogP contribution in [0.5, 0.6) is 0 Å². The van der Waals surface area contributed by atoms with Gasteiger partial charge in [0, 0.05) is 25.2 Å². The molecular weight excluding hydrogens is 300 g/mol. The van der Waals surface area contributed by atoms with E-state index in [9.17, 15) is 10.2 Å². The third-order valence-corrected chi connectivity index (χ3v) is 6.15. The van der Waals surface area contributed by atoms with Gasteiger partial charge in [0.05, 0.1) is 12.2 Å². The van der Waals surface area contributed by atoms with Crippen LogP contribution in [0, 0.1) is 5.92 Å². The molecule has 4 heteroatoms. The summed E-state index contributed by atoms with van der Waals surface area (Å²) in [6.45, 7) is 10.9. The zero-order chi connectivity index (χ0) is 17.5. The van der Waals surface area contributed by atoms with E-state index in [-0.39, 0.29) is 12.2 Å². The maximum absolute atomic E-state index is 10.3. The van der Waals surface area contributed by atoms with E-state index in [1.54, 1.807) is 0 Å². The topological polar surface area (TPSA) is 46.9 Å². The van der Waals surface area contributed by atoms with Crippen LogP contribution in [0.25, 0.3) is 0 Å². The van der Waals surface area contributed by atoms with Gasteiger partial charge in [0.2, 0.25) is 0 Å². The van der Waals surface area contributed by atoms with Crippen molar-refractivity contribution in [2.24, 2.45) is 5.92 Å². The molecule has 2 fully saturated rings. The third kappa shape index (κ3) is 5.42. The number of hydrogen-bond acceptors (Lipinski definition) is 4. The molecular formula is C20H40N2O2. The minimum absolute atomic E-state index is 0.179. The molecule has 24 heavy (non-hydrogen) atoms. The van der Waals surface area contributed by atoms with Crippen LogP contribution in [0.15, 0.2) is 0 Å². The van der Waals surface area contributed by atoms with Crippen LogP contribution < -0.4 is 0 Å². The number of nitrogens with zero attached hydrogens (tertiary/aromatic N) is 2. The molecule has 4 unspecified atom stereocenters.